The molecule has 2 aliphatic rings. The number of carbonyl (C=O) groups excluding carboxylic acids is 2. The number of nitrogens with zero attached hydrogens (tertiary/aromatic N) is 3. The summed E-state index contributed by atoms with van der Waals surface area (Å²) in [6, 6.07) is 19.4. The molecule has 0 bridgehead atoms. The summed E-state index contributed by atoms with van der Waals surface area (Å²) in [6.07, 6.45) is 0. The number of non-ortho nitro benzene ring substituents is 1. The molecule has 2 saturated heterocycles. The molecule has 0 aliphatic carbocycles. The highest BCUT2D eigenvalue weighted by molar-refractivity contribution is 6.46. The lowest BCUT2D eigenvalue weighted by Gasteiger charge is -2.31. The predicted octanol–water partition coefficient (Wildman–Crippen LogP) is 4.24. The predicted molar refractivity (Wildman–Crippen MR) is 151 cm³/mol. The molecule has 3 aromatic rings. The number of amides is 1. The summed E-state index contributed by atoms with van der Waals surface area (Å²) in [7, 11) is 0. The van der Waals surface area contributed by atoms with Crippen molar-refractivity contribution in [3.8, 4) is 5.75 Å². The lowest BCUT2D eigenvalue weighted by Crippen LogP contribution is -2.42. The van der Waals surface area contributed by atoms with Crippen LogP contribution < -0.4 is 4.74 Å². The second-order valence-corrected chi connectivity index (χ2v) is 10.1. The third-order valence-corrected chi connectivity index (χ3v) is 7.31. The van der Waals surface area contributed by atoms with Crippen molar-refractivity contribution in [3.63, 3.8) is 0 Å². The monoisotopic (exact) mass is 557 g/mol. The summed E-state index contributed by atoms with van der Waals surface area (Å²) >= 11 is 0. The molecule has 3 aromatic carbocycles. The maximum Gasteiger partial charge on any atom is 0.295 e. The molecule has 41 heavy (non-hydrogen) atoms. The first-order valence-electron chi connectivity index (χ1n) is 13.4. The molecule has 0 radical (unpaired) electrons. The average molecular weight is 558 g/mol. The number of morpholine rings is 1. The topological polar surface area (TPSA) is 122 Å². The quantitative estimate of drug-likeness (QED) is 0.136. The number of Topliss-reactive ketones (excluding diaryl/α,β-unsaturated/α-hetero) is 1. The highest BCUT2D eigenvalue weighted by atomic mass is 16.6. The van der Waals surface area contributed by atoms with E-state index in [2.05, 4.69) is 4.90 Å². The third-order valence-electron chi connectivity index (χ3n) is 7.31. The van der Waals surface area contributed by atoms with Crippen molar-refractivity contribution in [1.29, 1.82) is 0 Å². The van der Waals surface area contributed by atoms with Gasteiger partial charge in [-0.05, 0) is 42.3 Å². The third kappa shape index (κ3) is 6.29. The Morgan fingerprint density at radius 2 is 1.76 bits per heavy atom. The Hall–Kier alpha value is -4.54. The van der Waals surface area contributed by atoms with Gasteiger partial charge in [-0.3, -0.25) is 24.6 Å². The number of hydrogen-bond acceptors (Lipinski definition) is 8. The van der Waals surface area contributed by atoms with E-state index < -0.39 is 22.7 Å². The fourth-order valence-corrected chi connectivity index (χ4v) is 5.17. The molecule has 0 spiro atoms. The van der Waals surface area contributed by atoms with Gasteiger partial charge in [0.2, 0.25) is 0 Å². The van der Waals surface area contributed by atoms with Crippen LogP contribution in [0.5, 0.6) is 5.75 Å². The van der Waals surface area contributed by atoms with Gasteiger partial charge >= 0.3 is 0 Å². The van der Waals surface area contributed by atoms with Crippen molar-refractivity contribution >= 4 is 23.1 Å². The fraction of sp³-hybridized carbons (Fsp3) is 0.290. The Kier molecular flexibility index (Phi) is 8.42. The van der Waals surface area contributed by atoms with Crippen molar-refractivity contribution in [1.82, 2.24) is 9.80 Å². The first-order chi connectivity index (χ1) is 19.8. The van der Waals surface area contributed by atoms with Gasteiger partial charge in [0.25, 0.3) is 17.4 Å². The Balaban J connectivity index is 1.44. The number of aliphatic hydroxyl groups is 1. The fourth-order valence-electron chi connectivity index (χ4n) is 5.17. The molecule has 1 amide bonds. The van der Waals surface area contributed by atoms with Gasteiger partial charge in [0, 0.05) is 43.9 Å². The van der Waals surface area contributed by atoms with Gasteiger partial charge in [0.15, 0.2) is 0 Å². The molecule has 2 aliphatic heterocycles. The first kappa shape index (κ1) is 28.0. The van der Waals surface area contributed by atoms with Gasteiger partial charge < -0.3 is 19.5 Å². The van der Waals surface area contributed by atoms with Crippen LogP contribution in [0.1, 0.15) is 28.3 Å². The normalized spacial score (nSPS) is 19.0. The van der Waals surface area contributed by atoms with Crippen molar-refractivity contribution in [3.05, 3.63) is 111 Å². The second kappa shape index (κ2) is 12.3. The summed E-state index contributed by atoms with van der Waals surface area (Å²) in [5.41, 5.74) is 2.58. The number of ketones is 1. The minimum absolute atomic E-state index is 0.106. The number of rotatable bonds is 9. The Morgan fingerprint density at radius 3 is 2.46 bits per heavy atom. The Labute approximate surface area is 237 Å². The summed E-state index contributed by atoms with van der Waals surface area (Å²) in [6.45, 7) is 5.64. The zero-order valence-electron chi connectivity index (χ0n) is 22.7. The molecule has 0 aromatic heterocycles. The number of nitro groups is 1. The van der Waals surface area contributed by atoms with E-state index in [9.17, 15) is 24.8 Å². The molecule has 1 N–H and O–H groups in total. The maximum absolute atomic E-state index is 13.3. The standard InChI is InChI=1S/C31H31N3O7/c1-21-4-2-5-22(18-21)20-41-26-10-8-23(9-11-26)29(35)27-28(24-6-3-7-25(19-24)34(38)39)33(31(37)30(27)36)13-12-32-14-16-40-17-15-32/h2-11,18-19,28,35H,12-17,20H2,1H3/b29-27+. The Morgan fingerprint density at radius 1 is 1.02 bits per heavy atom. The van der Waals surface area contributed by atoms with Crippen molar-refractivity contribution in [2.75, 3.05) is 39.4 Å². The van der Waals surface area contributed by atoms with Crippen molar-refractivity contribution in [2.24, 2.45) is 0 Å². The lowest BCUT2D eigenvalue weighted by molar-refractivity contribution is -0.384. The van der Waals surface area contributed by atoms with Crippen LogP contribution in [0.2, 0.25) is 0 Å². The molecule has 1 unspecified atom stereocenters. The number of ether oxygens (including phenoxy) is 2. The molecule has 212 valence electrons. The molecule has 2 heterocycles. The first-order valence-corrected chi connectivity index (χ1v) is 13.4. The molecule has 0 saturated carbocycles. The zero-order valence-corrected chi connectivity index (χ0v) is 22.7. The Bertz CT molecular complexity index is 1480. The smallest absolute Gasteiger partial charge is 0.295 e. The summed E-state index contributed by atoms with van der Waals surface area (Å²) in [4.78, 5) is 41.1. The molecule has 10 heteroatoms. The minimum Gasteiger partial charge on any atom is -0.507 e. The van der Waals surface area contributed by atoms with E-state index in [1.165, 1.54) is 23.1 Å². The highest BCUT2D eigenvalue weighted by Crippen LogP contribution is 2.40. The summed E-state index contributed by atoms with van der Waals surface area (Å²) in [5, 5.41) is 22.9. The molecular weight excluding hydrogens is 526 g/mol. The SMILES string of the molecule is Cc1cccc(COc2ccc(/C(O)=C3\C(=O)C(=O)N(CCN4CCOCC4)C3c3cccc([N+](=O)[O-])c3)cc2)c1. The highest BCUT2D eigenvalue weighted by Gasteiger charge is 2.46. The number of benzene rings is 3. The number of aliphatic hydroxyl groups excluding tert-OH is 1. The number of likely N-dealkylation sites (tertiary alicyclic amines) is 1. The minimum atomic E-state index is -0.979. The van der Waals surface area contributed by atoms with Crippen LogP contribution in [0.3, 0.4) is 0 Å². The van der Waals surface area contributed by atoms with Gasteiger partial charge in [0.05, 0.1) is 29.8 Å². The van der Waals surface area contributed by atoms with E-state index in [4.69, 9.17) is 9.47 Å². The van der Waals surface area contributed by atoms with E-state index in [1.54, 1.807) is 30.3 Å². The van der Waals surface area contributed by atoms with E-state index in [-0.39, 0.29) is 23.6 Å². The van der Waals surface area contributed by atoms with E-state index in [0.717, 1.165) is 11.1 Å². The summed E-state index contributed by atoms with van der Waals surface area (Å²) < 4.78 is 11.3. The lowest BCUT2D eigenvalue weighted by atomic mass is 9.95. The van der Waals surface area contributed by atoms with Crippen LogP contribution in [0.4, 0.5) is 5.69 Å². The van der Waals surface area contributed by atoms with E-state index in [0.29, 0.717) is 56.3 Å². The number of carbonyl (C=O) groups is 2. The number of aryl methyl sites for hydroxylation is 1. The van der Waals surface area contributed by atoms with Crippen molar-refractivity contribution < 1.29 is 29.1 Å². The zero-order chi connectivity index (χ0) is 28.9. The second-order valence-electron chi connectivity index (χ2n) is 10.1. The molecule has 1 atom stereocenters. The van der Waals surface area contributed by atoms with E-state index >= 15 is 0 Å². The van der Waals surface area contributed by atoms with Gasteiger partial charge in [0.1, 0.15) is 18.1 Å². The maximum atomic E-state index is 13.3. The number of hydrogen-bond donors (Lipinski definition) is 1. The van der Waals surface area contributed by atoms with Gasteiger partial charge in [-0.25, -0.2) is 0 Å². The van der Waals surface area contributed by atoms with Gasteiger partial charge in [-0.15, -0.1) is 0 Å². The van der Waals surface area contributed by atoms with Crippen LogP contribution >= 0.6 is 0 Å². The van der Waals surface area contributed by atoms with E-state index in [1.807, 2.05) is 31.2 Å². The van der Waals surface area contributed by atoms with Gasteiger partial charge in [-0.1, -0.05) is 42.0 Å². The molecule has 5 rings (SSSR count). The van der Waals surface area contributed by atoms with Crippen LogP contribution in [-0.2, 0) is 20.9 Å². The van der Waals surface area contributed by atoms with Crippen molar-refractivity contribution in [2.45, 2.75) is 19.6 Å². The number of nitro benzene ring substituents is 1. The van der Waals surface area contributed by atoms with Crippen LogP contribution in [-0.4, -0.2) is 70.9 Å². The average Bonchev–Trinajstić information content (AvgIpc) is 3.24. The van der Waals surface area contributed by atoms with Crippen LogP contribution in [0.25, 0.3) is 5.76 Å². The molecular formula is C31H31N3O7. The largest absolute Gasteiger partial charge is 0.507 e. The molecule has 2 fully saturated rings. The van der Waals surface area contributed by atoms with Crippen LogP contribution in [0, 0.1) is 17.0 Å². The summed E-state index contributed by atoms with van der Waals surface area (Å²) in [5.74, 6) is -1.36. The molecule has 10 nitrogen and oxygen atoms in total. The van der Waals surface area contributed by atoms with Crippen LogP contribution in [0.15, 0.2) is 78.4 Å². The van der Waals surface area contributed by atoms with Gasteiger partial charge in [-0.2, -0.15) is 0 Å².